The summed E-state index contributed by atoms with van der Waals surface area (Å²) in [6.45, 7) is 28.1. The van der Waals surface area contributed by atoms with Crippen LogP contribution in [0.5, 0.6) is 23.0 Å². The number of carboxylic acids is 4. The molecule has 0 saturated heterocycles. The third kappa shape index (κ3) is 31.1. The van der Waals surface area contributed by atoms with Crippen LogP contribution in [0.3, 0.4) is 0 Å². The molecule has 4 N–H and O–H groups in total. The van der Waals surface area contributed by atoms with Crippen molar-refractivity contribution < 1.29 is 67.3 Å². The molecule has 0 bridgehead atoms. The van der Waals surface area contributed by atoms with Gasteiger partial charge in [0.05, 0.1) is 39.8 Å². The minimum absolute atomic E-state index is 0.102. The van der Waals surface area contributed by atoms with Crippen LogP contribution in [-0.2, 0) is 43.9 Å². The molecule has 2 saturated carbocycles. The van der Waals surface area contributed by atoms with Gasteiger partial charge < -0.3 is 39.4 Å². The topological polar surface area (TPSA) is 186 Å². The Morgan fingerprint density at radius 2 is 0.738 bits per heavy atom. The zero-order chi connectivity index (χ0) is 93.7. The summed E-state index contributed by atoms with van der Waals surface area (Å²) in [5.41, 5.74) is 23.4. The molecular weight excluding hydrogens is 1700 g/mol. The van der Waals surface area contributed by atoms with Gasteiger partial charge in [-0.3, -0.25) is 8.78 Å². The highest BCUT2D eigenvalue weighted by Gasteiger charge is 2.30. The maximum absolute atomic E-state index is 12.9. The smallest absolute Gasteiger partial charge is 0.328 e. The standard InChI is InChI=1S/C29H37FO3S.C29H32O3S.C27H33FO3S.C27H28O3S/c1-20(2)9-11-22-18-25(23-7-4-5-8-23)29(33-15-6-14-30)26(19-22)24-13-16-34-27(24)12-10-21(3)17-28(31)32;1-6-15-32-28-24(23-14-16-33-26(23)13-12-20(2)17-27(30)31)18-22(19-25(28)29(3,4)5)21-10-8-7-9-11-21;1-3-20-17-23(21-8-5-4-6-9-21)27(31-14-7-13-28)24(18-20)22-12-15-32-25(22)11-10-19(2)16-26(29)30;1-4-14-30-27-23(21-9-7-6-8-10-21)17-20(5-2)18-24(27)22-13-15-31-25(22)12-11-19(3)16-26(28)29/h10,12-13,16-20,23H,4-9,11,14-15H2,1-3H3,(H,31,32);7-14,16-19H,6,15H2,1-5H3,(H,30,31);10-12,15-18,21H,3-9,13-14H2,1-2H3,(H,29,30);6-13,15-18H,4-5,14H2,1-3H3,(H,28,29)/b12-10+,21-17+;13-12+,20-17+;11-10+,19-16+;12-11+,19-16+. The molecule has 0 aliphatic heterocycles. The van der Waals surface area contributed by atoms with Crippen molar-refractivity contribution >= 4 is 93.5 Å². The maximum atomic E-state index is 12.9. The zero-order valence-electron chi connectivity index (χ0n) is 77.9. The van der Waals surface area contributed by atoms with Crippen molar-refractivity contribution in [3.63, 3.8) is 0 Å². The number of halogens is 2. The van der Waals surface area contributed by atoms with Gasteiger partial charge in [-0.25, -0.2) is 19.2 Å². The first-order valence-electron chi connectivity index (χ1n) is 45.8. The number of thiophene rings is 4. The van der Waals surface area contributed by atoms with Crippen molar-refractivity contribution in [3.05, 3.63) is 279 Å². The Balaban J connectivity index is 0.000000195. The van der Waals surface area contributed by atoms with Gasteiger partial charge in [-0.1, -0.05) is 192 Å². The Hall–Kier alpha value is -11.0. The number of alkyl halides is 2. The molecule has 2 fully saturated rings. The molecule has 12 rings (SSSR count). The molecule has 130 heavy (non-hydrogen) atoms. The maximum Gasteiger partial charge on any atom is 0.328 e. The number of hydrogen-bond acceptors (Lipinski definition) is 12. The van der Waals surface area contributed by atoms with Crippen LogP contribution in [0.4, 0.5) is 8.78 Å². The SMILES string of the molecule is CC(/C=C/c1sccc1-c1cc(CCC(C)C)cc(C2CCCC2)c1OCCCF)=C\C(=O)O.CCCOc1c(-c2ccccc2)cc(CC)cc1-c1ccsc1/C=C/C(C)=C/C(=O)O.CCCOc1c(-c2ccsc2/C=C/C(C)=C/C(=O)O)cc(-c2ccccc2)cc1C(C)(C)C.CCc1cc(-c2ccsc2/C=C/C(C)=C/C(=O)O)c(OCCCF)c(C2CCCCC2)c1. The van der Waals surface area contributed by atoms with Crippen molar-refractivity contribution in [2.45, 2.75) is 216 Å². The molecule has 6 aromatic carbocycles. The van der Waals surface area contributed by atoms with E-state index in [0.29, 0.717) is 79.3 Å². The average molecular weight is 1830 g/mol. The Morgan fingerprint density at radius 1 is 0.400 bits per heavy atom. The van der Waals surface area contributed by atoms with E-state index in [1.165, 1.54) is 121 Å². The molecule has 4 aromatic heterocycles. The first-order chi connectivity index (χ1) is 62.6. The number of carbonyl (C=O) groups is 4. The lowest BCUT2D eigenvalue weighted by atomic mass is 9.81. The monoisotopic (exact) mass is 1830 g/mol. The second-order valence-electron chi connectivity index (χ2n) is 34.5. The van der Waals surface area contributed by atoms with E-state index in [9.17, 15) is 28.0 Å². The van der Waals surface area contributed by atoms with E-state index in [-0.39, 0.29) is 18.8 Å². The van der Waals surface area contributed by atoms with Gasteiger partial charge in [0.25, 0.3) is 0 Å². The van der Waals surface area contributed by atoms with Crippen LogP contribution in [-0.4, -0.2) is 84.1 Å². The first-order valence-corrected chi connectivity index (χ1v) is 49.3. The minimum Gasteiger partial charge on any atom is -0.493 e. The molecule has 688 valence electrons. The van der Waals surface area contributed by atoms with E-state index in [1.807, 2.05) is 72.9 Å². The summed E-state index contributed by atoms with van der Waals surface area (Å²) < 4.78 is 51.0. The van der Waals surface area contributed by atoms with E-state index < -0.39 is 23.9 Å². The number of aliphatic carboxylic acids is 4. The predicted molar refractivity (Wildman–Crippen MR) is 543 cm³/mol. The van der Waals surface area contributed by atoms with Gasteiger partial charge in [0.1, 0.15) is 23.0 Å². The molecular formula is C112H130F2O12S4. The van der Waals surface area contributed by atoms with Gasteiger partial charge in [-0.2, -0.15) is 0 Å². The fraction of sp³-hybridized carbons (Fsp3) is 0.357. The fourth-order valence-electron chi connectivity index (χ4n) is 16.0. The normalized spacial score (nSPS) is 13.7. The number of hydrogen-bond donors (Lipinski definition) is 4. The molecule has 2 aliphatic rings. The quantitative estimate of drug-likeness (QED) is 0.0163. The molecule has 12 nitrogen and oxygen atoms in total. The van der Waals surface area contributed by atoms with Crippen LogP contribution in [0.25, 0.3) is 91.1 Å². The molecule has 0 amide bonds. The highest BCUT2D eigenvalue weighted by Crippen LogP contribution is 2.51. The largest absolute Gasteiger partial charge is 0.493 e. The predicted octanol–water partition coefficient (Wildman–Crippen LogP) is 31.9. The van der Waals surface area contributed by atoms with E-state index in [4.69, 9.17) is 39.4 Å². The van der Waals surface area contributed by atoms with Crippen LogP contribution in [0.15, 0.2) is 226 Å². The highest BCUT2D eigenvalue weighted by molar-refractivity contribution is 7.12. The van der Waals surface area contributed by atoms with Crippen molar-refractivity contribution in [3.8, 4) is 89.8 Å². The van der Waals surface area contributed by atoms with Gasteiger partial charge in [-0.15, -0.1) is 45.3 Å². The first kappa shape index (κ1) is 103. The average Bonchev–Trinajstić information content (AvgIpc) is 1.36. The third-order valence-electron chi connectivity index (χ3n) is 22.5. The molecule has 0 spiro atoms. The molecule has 18 heteroatoms. The zero-order valence-corrected chi connectivity index (χ0v) is 81.1. The molecule has 4 heterocycles. The number of ether oxygens (including phenoxy) is 4. The molecule has 2 aliphatic carbocycles. The van der Waals surface area contributed by atoms with E-state index >= 15 is 0 Å². The van der Waals surface area contributed by atoms with Gasteiger partial charge in [0, 0.05) is 112 Å². The van der Waals surface area contributed by atoms with Gasteiger partial charge in [-0.05, 0) is 288 Å². The Labute approximate surface area is 786 Å². The molecule has 0 radical (unpaired) electrons. The highest BCUT2D eigenvalue weighted by atomic mass is 32.1. The Bertz CT molecular complexity index is 5600. The molecule has 0 atom stereocenters. The van der Waals surface area contributed by atoms with E-state index in [2.05, 4.69) is 193 Å². The summed E-state index contributed by atoms with van der Waals surface area (Å²) >= 11 is 6.52. The number of aryl methyl sites for hydroxylation is 3. The van der Waals surface area contributed by atoms with Crippen LogP contribution in [0, 0.1) is 5.92 Å². The Morgan fingerprint density at radius 3 is 1.11 bits per heavy atom. The van der Waals surface area contributed by atoms with Crippen molar-refractivity contribution in [2.24, 2.45) is 5.92 Å². The minimum atomic E-state index is -0.949. The number of allylic oxidation sites excluding steroid dienone is 8. The van der Waals surface area contributed by atoms with Crippen LogP contribution >= 0.6 is 45.3 Å². The van der Waals surface area contributed by atoms with E-state index in [1.54, 1.807) is 73.0 Å². The van der Waals surface area contributed by atoms with Crippen molar-refractivity contribution in [2.75, 3.05) is 39.8 Å². The Kier molecular flexibility index (Phi) is 41.7. The van der Waals surface area contributed by atoms with Gasteiger partial charge in [0.15, 0.2) is 0 Å². The second kappa shape index (κ2) is 52.7. The summed E-state index contributed by atoms with van der Waals surface area (Å²) in [6, 6.07) is 47.2. The van der Waals surface area contributed by atoms with Gasteiger partial charge in [0.2, 0.25) is 0 Å². The fourth-order valence-corrected chi connectivity index (χ4v) is 19.2. The summed E-state index contributed by atoms with van der Waals surface area (Å²) in [4.78, 5) is 48.1. The lowest BCUT2D eigenvalue weighted by Crippen LogP contribution is -2.15. The summed E-state index contributed by atoms with van der Waals surface area (Å²) in [5, 5.41) is 44.2. The molecule has 0 unspecified atom stereocenters. The summed E-state index contributed by atoms with van der Waals surface area (Å²) in [6.07, 6.45) is 37.7. The van der Waals surface area contributed by atoms with Crippen molar-refractivity contribution in [1.82, 2.24) is 0 Å². The number of carboxylic acid groups (broad SMARTS) is 4. The third-order valence-corrected chi connectivity index (χ3v) is 26.1. The lowest BCUT2D eigenvalue weighted by molar-refractivity contribution is -0.132. The van der Waals surface area contributed by atoms with E-state index in [0.717, 1.165) is 142 Å². The summed E-state index contributed by atoms with van der Waals surface area (Å²) in [5.74, 6) is 1.44. The lowest BCUT2D eigenvalue weighted by Gasteiger charge is -2.26. The van der Waals surface area contributed by atoms with Crippen LogP contribution < -0.4 is 18.9 Å². The van der Waals surface area contributed by atoms with Crippen LogP contribution in [0.2, 0.25) is 0 Å². The number of rotatable bonds is 39. The van der Waals surface area contributed by atoms with Gasteiger partial charge >= 0.3 is 23.9 Å². The molecule has 10 aromatic rings. The summed E-state index contributed by atoms with van der Waals surface area (Å²) in [7, 11) is 0. The van der Waals surface area contributed by atoms with Crippen LogP contribution in [0.1, 0.15) is 245 Å². The second-order valence-corrected chi connectivity index (χ2v) is 38.3. The number of benzene rings is 6. The van der Waals surface area contributed by atoms with Crippen molar-refractivity contribution in [1.29, 1.82) is 0 Å².